The van der Waals surface area contributed by atoms with Crippen LogP contribution in [0.5, 0.6) is 5.75 Å². The standard InChI is InChI=1S/C21H15NO2S2/c1-24-17-11-9-16(10-12-17)22-20(23)19(26-21(22)25)13-15-7-4-6-14-5-2-3-8-18(14)15/h2-13H,1H3/b19-13-. The third-order valence-electron chi connectivity index (χ3n) is 4.23. The Kier molecular flexibility index (Phi) is 4.49. The van der Waals surface area contributed by atoms with Crippen LogP contribution in [0.25, 0.3) is 16.8 Å². The van der Waals surface area contributed by atoms with Crippen LogP contribution in [0.1, 0.15) is 5.56 Å². The van der Waals surface area contributed by atoms with Crippen molar-refractivity contribution in [3.05, 3.63) is 77.2 Å². The minimum Gasteiger partial charge on any atom is -0.497 e. The number of anilines is 1. The van der Waals surface area contributed by atoms with Crippen LogP contribution in [-0.2, 0) is 4.79 Å². The van der Waals surface area contributed by atoms with E-state index in [-0.39, 0.29) is 5.91 Å². The highest BCUT2D eigenvalue weighted by molar-refractivity contribution is 8.27. The lowest BCUT2D eigenvalue weighted by Crippen LogP contribution is -2.27. The average molecular weight is 377 g/mol. The lowest BCUT2D eigenvalue weighted by Gasteiger charge is -2.14. The smallest absolute Gasteiger partial charge is 0.270 e. The molecule has 1 aliphatic heterocycles. The average Bonchev–Trinajstić information content (AvgIpc) is 2.95. The van der Waals surface area contributed by atoms with Gasteiger partial charge < -0.3 is 4.74 Å². The highest BCUT2D eigenvalue weighted by Gasteiger charge is 2.33. The molecule has 5 heteroatoms. The van der Waals surface area contributed by atoms with E-state index in [1.165, 1.54) is 11.8 Å². The second-order valence-electron chi connectivity index (χ2n) is 5.78. The van der Waals surface area contributed by atoms with E-state index in [0.717, 1.165) is 27.8 Å². The Morgan fingerprint density at radius 3 is 2.50 bits per heavy atom. The largest absolute Gasteiger partial charge is 0.497 e. The minimum atomic E-state index is -0.0990. The number of benzene rings is 3. The second kappa shape index (κ2) is 6.94. The first-order valence-electron chi connectivity index (χ1n) is 8.07. The third-order valence-corrected chi connectivity index (χ3v) is 5.54. The van der Waals surface area contributed by atoms with Crippen molar-refractivity contribution in [1.29, 1.82) is 0 Å². The summed E-state index contributed by atoms with van der Waals surface area (Å²) in [6, 6.07) is 21.5. The Labute approximate surface area is 161 Å². The number of nitrogens with zero attached hydrogens (tertiary/aromatic N) is 1. The first-order valence-corrected chi connectivity index (χ1v) is 9.29. The number of amides is 1. The van der Waals surface area contributed by atoms with Crippen molar-refractivity contribution in [3.8, 4) is 5.75 Å². The van der Waals surface area contributed by atoms with Crippen molar-refractivity contribution in [2.45, 2.75) is 0 Å². The Hall–Kier alpha value is -2.63. The fourth-order valence-electron chi connectivity index (χ4n) is 2.94. The van der Waals surface area contributed by atoms with Crippen molar-refractivity contribution in [2.75, 3.05) is 12.0 Å². The van der Waals surface area contributed by atoms with E-state index >= 15 is 0 Å². The number of ether oxygens (including phenoxy) is 1. The van der Waals surface area contributed by atoms with E-state index < -0.39 is 0 Å². The van der Waals surface area contributed by atoms with E-state index in [1.54, 1.807) is 12.0 Å². The van der Waals surface area contributed by atoms with Crippen LogP contribution < -0.4 is 9.64 Å². The molecule has 0 aromatic heterocycles. The number of thiocarbonyl (C=S) groups is 1. The molecular formula is C21H15NO2S2. The molecule has 1 heterocycles. The molecular weight excluding hydrogens is 362 g/mol. The van der Waals surface area contributed by atoms with Crippen molar-refractivity contribution in [3.63, 3.8) is 0 Å². The van der Waals surface area contributed by atoms with Gasteiger partial charge in [0, 0.05) is 0 Å². The predicted molar refractivity (Wildman–Crippen MR) is 113 cm³/mol. The Morgan fingerprint density at radius 2 is 1.73 bits per heavy atom. The van der Waals surface area contributed by atoms with Gasteiger partial charge in [0.25, 0.3) is 5.91 Å². The van der Waals surface area contributed by atoms with E-state index in [0.29, 0.717) is 9.23 Å². The molecule has 0 aliphatic carbocycles. The zero-order chi connectivity index (χ0) is 18.1. The van der Waals surface area contributed by atoms with Gasteiger partial charge in [0.1, 0.15) is 5.75 Å². The summed E-state index contributed by atoms with van der Waals surface area (Å²) < 4.78 is 5.71. The van der Waals surface area contributed by atoms with Crippen LogP contribution in [0.3, 0.4) is 0 Å². The van der Waals surface area contributed by atoms with Crippen LogP contribution in [0.2, 0.25) is 0 Å². The maximum absolute atomic E-state index is 12.9. The van der Waals surface area contributed by atoms with Gasteiger partial charge in [-0.25, -0.2) is 0 Å². The van der Waals surface area contributed by atoms with Crippen molar-refractivity contribution in [1.82, 2.24) is 0 Å². The van der Waals surface area contributed by atoms with E-state index in [2.05, 4.69) is 18.2 Å². The van der Waals surface area contributed by atoms with Gasteiger partial charge in [-0.15, -0.1) is 0 Å². The number of carbonyl (C=O) groups is 1. The zero-order valence-corrected chi connectivity index (χ0v) is 15.6. The first-order chi connectivity index (χ1) is 12.7. The molecule has 0 spiro atoms. The van der Waals surface area contributed by atoms with Crippen LogP contribution in [0, 0.1) is 0 Å². The summed E-state index contributed by atoms with van der Waals surface area (Å²) in [6.45, 7) is 0. The molecule has 3 aromatic rings. The van der Waals surface area contributed by atoms with Gasteiger partial charge in [-0.1, -0.05) is 66.4 Å². The molecule has 3 nitrogen and oxygen atoms in total. The summed E-state index contributed by atoms with van der Waals surface area (Å²) in [7, 11) is 1.61. The number of methoxy groups -OCH3 is 1. The van der Waals surface area contributed by atoms with Crippen LogP contribution in [0.4, 0.5) is 5.69 Å². The van der Waals surface area contributed by atoms with Gasteiger partial charge in [0.15, 0.2) is 4.32 Å². The lowest BCUT2D eigenvalue weighted by atomic mass is 10.0. The number of thioether (sulfide) groups is 1. The van der Waals surface area contributed by atoms with Crippen molar-refractivity contribution < 1.29 is 9.53 Å². The first kappa shape index (κ1) is 16.8. The molecule has 0 atom stereocenters. The predicted octanol–water partition coefficient (Wildman–Crippen LogP) is 5.25. The molecule has 0 bridgehead atoms. The fourth-order valence-corrected chi connectivity index (χ4v) is 4.23. The number of fused-ring (bicyclic) bond motifs is 1. The normalized spacial score (nSPS) is 15.9. The van der Waals surface area contributed by atoms with Crippen molar-refractivity contribution >= 4 is 56.7 Å². The fraction of sp³-hybridized carbons (Fsp3) is 0.0476. The molecule has 0 N–H and O–H groups in total. The summed E-state index contributed by atoms with van der Waals surface area (Å²) in [4.78, 5) is 15.1. The molecule has 26 heavy (non-hydrogen) atoms. The number of hydrogen-bond donors (Lipinski definition) is 0. The van der Waals surface area contributed by atoms with Gasteiger partial charge in [-0.3, -0.25) is 9.69 Å². The minimum absolute atomic E-state index is 0.0990. The number of rotatable bonds is 3. The van der Waals surface area contributed by atoms with Gasteiger partial charge in [-0.05, 0) is 46.7 Å². The van der Waals surface area contributed by atoms with Gasteiger partial charge in [0.2, 0.25) is 0 Å². The van der Waals surface area contributed by atoms with Crippen LogP contribution >= 0.6 is 24.0 Å². The zero-order valence-electron chi connectivity index (χ0n) is 14.0. The van der Waals surface area contributed by atoms with E-state index in [4.69, 9.17) is 17.0 Å². The summed E-state index contributed by atoms with van der Waals surface area (Å²) in [5.41, 5.74) is 1.76. The number of carbonyl (C=O) groups excluding carboxylic acids is 1. The van der Waals surface area contributed by atoms with Crippen LogP contribution in [-0.4, -0.2) is 17.3 Å². The molecule has 1 amide bonds. The highest BCUT2D eigenvalue weighted by atomic mass is 32.2. The Balaban J connectivity index is 1.71. The molecule has 3 aromatic carbocycles. The van der Waals surface area contributed by atoms with Gasteiger partial charge >= 0.3 is 0 Å². The molecule has 0 saturated carbocycles. The maximum Gasteiger partial charge on any atom is 0.270 e. The molecule has 0 unspecified atom stereocenters. The van der Waals surface area contributed by atoms with Gasteiger partial charge in [0.05, 0.1) is 17.7 Å². The molecule has 1 saturated heterocycles. The Bertz CT molecular complexity index is 1040. The topological polar surface area (TPSA) is 29.5 Å². The third kappa shape index (κ3) is 3.00. The quantitative estimate of drug-likeness (QED) is 0.460. The van der Waals surface area contributed by atoms with Crippen molar-refractivity contribution in [2.24, 2.45) is 0 Å². The van der Waals surface area contributed by atoms with E-state index in [1.807, 2.05) is 54.6 Å². The second-order valence-corrected chi connectivity index (χ2v) is 7.46. The van der Waals surface area contributed by atoms with E-state index in [9.17, 15) is 4.79 Å². The number of hydrogen-bond acceptors (Lipinski definition) is 4. The summed E-state index contributed by atoms with van der Waals surface area (Å²) in [5, 5.41) is 2.26. The lowest BCUT2D eigenvalue weighted by molar-refractivity contribution is -0.113. The maximum atomic E-state index is 12.9. The van der Waals surface area contributed by atoms with Gasteiger partial charge in [-0.2, -0.15) is 0 Å². The Morgan fingerprint density at radius 1 is 1.00 bits per heavy atom. The molecule has 128 valence electrons. The summed E-state index contributed by atoms with van der Waals surface area (Å²) in [6.07, 6.45) is 1.92. The molecule has 1 fully saturated rings. The molecule has 1 aliphatic rings. The van der Waals surface area contributed by atoms with Crippen LogP contribution in [0.15, 0.2) is 71.6 Å². The molecule has 4 rings (SSSR count). The summed E-state index contributed by atoms with van der Waals surface area (Å²) in [5.74, 6) is 0.642. The highest BCUT2D eigenvalue weighted by Crippen LogP contribution is 2.37. The SMILES string of the molecule is COc1ccc(N2C(=O)/C(=C/c3cccc4ccccc34)SC2=S)cc1. The summed E-state index contributed by atoms with van der Waals surface area (Å²) >= 11 is 6.77. The monoisotopic (exact) mass is 377 g/mol. The molecule has 0 radical (unpaired) electrons.